The van der Waals surface area contributed by atoms with Crippen molar-refractivity contribution in [2.24, 2.45) is 5.92 Å². The van der Waals surface area contributed by atoms with Crippen molar-refractivity contribution in [3.63, 3.8) is 0 Å². The second-order valence-corrected chi connectivity index (χ2v) is 6.77. The van der Waals surface area contributed by atoms with Crippen LogP contribution in [0, 0.1) is 5.92 Å². The van der Waals surface area contributed by atoms with Gasteiger partial charge in [-0.25, -0.2) is 0 Å². The lowest BCUT2D eigenvalue weighted by Crippen LogP contribution is -2.30. The highest BCUT2D eigenvalue weighted by atomic mass is 79.9. The Labute approximate surface area is 135 Å². The summed E-state index contributed by atoms with van der Waals surface area (Å²) in [4.78, 5) is 16.8. The van der Waals surface area contributed by atoms with Crippen molar-refractivity contribution in [2.75, 3.05) is 34.8 Å². The van der Waals surface area contributed by atoms with Crippen LogP contribution in [-0.2, 0) is 4.79 Å². The number of amides is 1. The first-order valence-electron chi connectivity index (χ1n) is 8.00. The molecule has 1 aromatic rings. The van der Waals surface area contributed by atoms with Crippen LogP contribution in [0.5, 0.6) is 0 Å². The van der Waals surface area contributed by atoms with Gasteiger partial charge in [0.15, 0.2) is 0 Å². The Kier molecular flexibility index (Phi) is 4.84. The first-order valence-corrected chi connectivity index (χ1v) is 9.12. The molecule has 0 saturated carbocycles. The summed E-state index contributed by atoms with van der Waals surface area (Å²) >= 11 is 3.52. The highest BCUT2D eigenvalue weighted by Gasteiger charge is 2.31. The van der Waals surface area contributed by atoms with E-state index in [-0.39, 0.29) is 5.91 Å². The quantitative estimate of drug-likeness (QED) is 0.773. The fraction of sp³-hybridized carbons (Fsp3) is 0.588. The minimum absolute atomic E-state index is 0.265. The van der Waals surface area contributed by atoms with Crippen molar-refractivity contribution in [1.82, 2.24) is 0 Å². The van der Waals surface area contributed by atoms with Gasteiger partial charge in [-0.3, -0.25) is 4.79 Å². The number of hydrogen-bond acceptors (Lipinski definition) is 2. The fourth-order valence-corrected chi connectivity index (χ4v) is 3.82. The number of halogens is 1. The van der Waals surface area contributed by atoms with Crippen molar-refractivity contribution < 1.29 is 4.79 Å². The molecule has 1 atom stereocenters. The molecular formula is C17H23BrN2O. The molecule has 2 saturated heterocycles. The number of para-hydroxylation sites is 2. The van der Waals surface area contributed by atoms with Crippen molar-refractivity contribution in [3.05, 3.63) is 24.3 Å². The molecule has 1 amide bonds. The van der Waals surface area contributed by atoms with E-state index in [4.69, 9.17) is 0 Å². The molecule has 2 heterocycles. The Balaban J connectivity index is 1.87. The van der Waals surface area contributed by atoms with Crippen LogP contribution in [0.15, 0.2) is 24.3 Å². The summed E-state index contributed by atoms with van der Waals surface area (Å²) in [5.41, 5.74) is 2.34. The SMILES string of the molecule is O=C1CC(CBr)CN1c1ccccc1N1CCCCCC1. The lowest BCUT2D eigenvalue weighted by atomic mass is 10.1. The third kappa shape index (κ3) is 3.25. The maximum Gasteiger partial charge on any atom is 0.227 e. The zero-order valence-corrected chi connectivity index (χ0v) is 14.0. The third-order valence-corrected chi connectivity index (χ3v) is 5.46. The zero-order chi connectivity index (χ0) is 14.7. The first-order chi connectivity index (χ1) is 10.3. The van der Waals surface area contributed by atoms with E-state index in [1.54, 1.807) is 0 Å². The van der Waals surface area contributed by atoms with Gasteiger partial charge in [-0.15, -0.1) is 0 Å². The Morgan fingerprint density at radius 3 is 2.33 bits per heavy atom. The van der Waals surface area contributed by atoms with Gasteiger partial charge >= 0.3 is 0 Å². The molecule has 21 heavy (non-hydrogen) atoms. The molecule has 4 heteroatoms. The van der Waals surface area contributed by atoms with Gasteiger partial charge < -0.3 is 9.80 Å². The van der Waals surface area contributed by atoms with Gasteiger partial charge in [0.05, 0.1) is 11.4 Å². The molecule has 0 aliphatic carbocycles. The van der Waals surface area contributed by atoms with E-state index in [9.17, 15) is 4.79 Å². The Morgan fingerprint density at radius 1 is 1.05 bits per heavy atom. The molecule has 2 aliphatic heterocycles. The molecule has 114 valence electrons. The lowest BCUT2D eigenvalue weighted by Gasteiger charge is -2.29. The van der Waals surface area contributed by atoms with E-state index >= 15 is 0 Å². The molecule has 0 spiro atoms. The zero-order valence-electron chi connectivity index (χ0n) is 12.4. The van der Waals surface area contributed by atoms with Gasteiger partial charge in [0.25, 0.3) is 0 Å². The van der Waals surface area contributed by atoms with Crippen molar-refractivity contribution in [1.29, 1.82) is 0 Å². The monoisotopic (exact) mass is 350 g/mol. The molecular weight excluding hydrogens is 328 g/mol. The molecule has 2 fully saturated rings. The highest BCUT2D eigenvalue weighted by Crippen LogP contribution is 2.35. The number of carbonyl (C=O) groups is 1. The van der Waals surface area contributed by atoms with E-state index < -0.39 is 0 Å². The summed E-state index contributed by atoms with van der Waals surface area (Å²) in [5, 5.41) is 0.904. The minimum Gasteiger partial charge on any atom is -0.370 e. The Morgan fingerprint density at radius 2 is 1.71 bits per heavy atom. The second kappa shape index (κ2) is 6.82. The summed E-state index contributed by atoms with van der Waals surface area (Å²) in [6, 6.07) is 8.42. The minimum atomic E-state index is 0.265. The summed E-state index contributed by atoms with van der Waals surface area (Å²) in [6.45, 7) is 3.07. The second-order valence-electron chi connectivity index (χ2n) is 6.12. The molecule has 3 rings (SSSR count). The van der Waals surface area contributed by atoms with Crippen LogP contribution in [0.3, 0.4) is 0 Å². The predicted octanol–water partition coefficient (Wildman–Crippen LogP) is 3.81. The lowest BCUT2D eigenvalue weighted by molar-refractivity contribution is -0.117. The number of carbonyl (C=O) groups excluding carboxylic acids is 1. The van der Waals surface area contributed by atoms with Crippen LogP contribution in [0.1, 0.15) is 32.1 Å². The topological polar surface area (TPSA) is 23.6 Å². The number of anilines is 2. The smallest absolute Gasteiger partial charge is 0.227 e. The van der Waals surface area contributed by atoms with E-state index in [1.165, 1.54) is 31.4 Å². The number of rotatable bonds is 3. The van der Waals surface area contributed by atoms with Gasteiger partial charge in [-0.1, -0.05) is 40.9 Å². The highest BCUT2D eigenvalue weighted by molar-refractivity contribution is 9.09. The van der Waals surface area contributed by atoms with E-state index in [1.807, 2.05) is 11.0 Å². The van der Waals surface area contributed by atoms with Crippen LogP contribution in [0.25, 0.3) is 0 Å². The Bertz CT molecular complexity index is 497. The molecule has 1 aromatic carbocycles. The van der Waals surface area contributed by atoms with Crippen LogP contribution >= 0.6 is 15.9 Å². The predicted molar refractivity (Wildman–Crippen MR) is 91.4 cm³/mol. The Hall–Kier alpha value is -1.03. The van der Waals surface area contributed by atoms with Gasteiger partial charge in [0.2, 0.25) is 5.91 Å². The largest absolute Gasteiger partial charge is 0.370 e. The van der Waals surface area contributed by atoms with E-state index in [2.05, 4.69) is 39.0 Å². The first kappa shape index (κ1) is 14.9. The van der Waals surface area contributed by atoms with Crippen LogP contribution < -0.4 is 9.80 Å². The average Bonchev–Trinajstić information content (AvgIpc) is 2.73. The normalized spacial score (nSPS) is 23.5. The summed E-state index contributed by atoms with van der Waals surface area (Å²) in [7, 11) is 0. The summed E-state index contributed by atoms with van der Waals surface area (Å²) in [5.74, 6) is 0.705. The van der Waals surface area contributed by atoms with Gasteiger partial charge in [-0.05, 0) is 30.9 Å². The van der Waals surface area contributed by atoms with Crippen LogP contribution in [-0.4, -0.2) is 30.9 Å². The molecule has 0 aromatic heterocycles. The van der Waals surface area contributed by atoms with E-state index in [0.29, 0.717) is 12.3 Å². The standard InChI is InChI=1S/C17H23BrN2O/c18-12-14-11-17(21)20(13-14)16-8-4-3-7-15(16)19-9-5-1-2-6-10-19/h3-4,7-8,14H,1-2,5-6,9-13H2. The van der Waals surface area contributed by atoms with Gasteiger partial charge in [0, 0.05) is 31.4 Å². The molecule has 0 N–H and O–H groups in total. The van der Waals surface area contributed by atoms with Gasteiger partial charge in [-0.2, -0.15) is 0 Å². The van der Waals surface area contributed by atoms with Crippen molar-refractivity contribution in [3.8, 4) is 0 Å². The van der Waals surface area contributed by atoms with Crippen molar-refractivity contribution in [2.45, 2.75) is 32.1 Å². The van der Waals surface area contributed by atoms with Crippen LogP contribution in [0.4, 0.5) is 11.4 Å². The molecule has 0 radical (unpaired) electrons. The fourth-order valence-electron chi connectivity index (χ4n) is 3.39. The number of hydrogen-bond donors (Lipinski definition) is 0. The number of nitrogens with zero attached hydrogens (tertiary/aromatic N) is 2. The summed E-state index contributed by atoms with van der Waals surface area (Å²) < 4.78 is 0. The maximum absolute atomic E-state index is 12.3. The number of alkyl halides is 1. The average molecular weight is 351 g/mol. The summed E-state index contributed by atoms with van der Waals surface area (Å²) in [6.07, 6.45) is 5.83. The maximum atomic E-state index is 12.3. The van der Waals surface area contributed by atoms with E-state index in [0.717, 1.165) is 30.7 Å². The van der Waals surface area contributed by atoms with Crippen molar-refractivity contribution >= 4 is 33.2 Å². The van der Waals surface area contributed by atoms with Gasteiger partial charge in [0.1, 0.15) is 0 Å². The third-order valence-electron chi connectivity index (χ3n) is 4.54. The molecule has 1 unspecified atom stereocenters. The van der Waals surface area contributed by atoms with Crippen LogP contribution in [0.2, 0.25) is 0 Å². The molecule has 2 aliphatic rings. The molecule has 3 nitrogen and oxygen atoms in total. The number of benzene rings is 1. The molecule has 0 bridgehead atoms.